The van der Waals surface area contributed by atoms with Crippen molar-refractivity contribution in [2.45, 2.75) is 25.6 Å². The number of amides is 2. The Morgan fingerprint density at radius 2 is 1.61 bits per heavy atom. The van der Waals surface area contributed by atoms with Gasteiger partial charge in [-0.2, -0.15) is 0 Å². The lowest BCUT2D eigenvalue weighted by atomic mass is 9.84. The summed E-state index contributed by atoms with van der Waals surface area (Å²) in [6, 6.07) is 16.5. The molecule has 2 aromatic rings. The Labute approximate surface area is 163 Å². The first-order valence-electron chi connectivity index (χ1n) is 9.52. The van der Waals surface area contributed by atoms with Crippen molar-refractivity contribution in [1.29, 1.82) is 0 Å². The van der Waals surface area contributed by atoms with Gasteiger partial charge in [-0.15, -0.1) is 0 Å². The predicted molar refractivity (Wildman–Crippen MR) is 104 cm³/mol. The quantitative estimate of drug-likeness (QED) is 0.778. The summed E-state index contributed by atoms with van der Waals surface area (Å²) in [5, 5.41) is 0. The molecule has 0 unspecified atom stereocenters. The third-order valence-corrected chi connectivity index (χ3v) is 6.15. The first-order chi connectivity index (χ1) is 13.6. The molecule has 3 aliphatic heterocycles. The van der Waals surface area contributed by atoms with Gasteiger partial charge in [0.15, 0.2) is 5.78 Å². The Morgan fingerprint density at radius 3 is 2.36 bits per heavy atom. The molecule has 0 spiro atoms. The molecule has 0 radical (unpaired) electrons. The summed E-state index contributed by atoms with van der Waals surface area (Å²) in [5.41, 5.74) is 2.95. The lowest BCUT2D eigenvalue weighted by Crippen LogP contribution is -2.43. The number of imide groups is 1. The maximum atomic E-state index is 13.4. The molecule has 2 aromatic carbocycles. The van der Waals surface area contributed by atoms with Gasteiger partial charge in [0.25, 0.3) is 0 Å². The lowest BCUT2D eigenvalue weighted by Gasteiger charge is -2.34. The maximum Gasteiger partial charge on any atom is 0.236 e. The van der Waals surface area contributed by atoms with Crippen LogP contribution in [0.5, 0.6) is 0 Å². The van der Waals surface area contributed by atoms with Crippen molar-refractivity contribution in [1.82, 2.24) is 9.80 Å². The van der Waals surface area contributed by atoms with Gasteiger partial charge in [-0.3, -0.25) is 19.3 Å². The van der Waals surface area contributed by atoms with Crippen molar-refractivity contribution < 1.29 is 14.4 Å². The lowest BCUT2D eigenvalue weighted by molar-refractivity contribution is -0.143. The monoisotopic (exact) mass is 372 g/mol. The average Bonchev–Trinajstić information content (AvgIpc) is 3.18. The van der Waals surface area contributed by atoms with E-state index in [1.54, 1.807) is 0 Å². The number of nitrogens with zero attached hydrogens (tertiary/aromatic N) is 2. The largest absolute Gasteiger partial charge is 0.359 e. The van der Waals surface area contributed by atoms with Crippen molar-refractivity contribution in [3.8, 4) is 0 Å². The van der Waals surface area contributed by atoms with Crippen molar-refractivity contribution in [2.24, 2.45) is 11.8 Å². The third kappa shape index (κ3) is 2.29. The van der Waals surface area contributed by atoms with E-state index >= 15 is 0 Å². The molecule has 140 valence electrons. The van der Waals surface area contributed by atoms with Gasteiger partial charge in [0.2, 0.25) is 11.8 Å². The van der Waals surface area contributed by atoms with Crippen molar-refractivity contribution >= 4 is 23.7 Å². The van der Waals surface area contributed by atoms with E-state index in [-0.39, 0.29) is 30.2 Å². The number of carbonyl (C=O) groups excluding carboxylic acids is 3. The Hall–Kier alpha value is -3.21. The summed E-state index contributed by atoms with van der Waals surface area (Å²) in [4.78, 5) is 42.4. The Morgan fingerprint density at radius 1 is 0.929 bits per heavy atom. The zero-order chi connectivity index (χ0) is 19.4. The maximum absolute atomic E-state index is 13.4. The van der Waals surface area contributed by atoms with Gasteiger partial charge in [0.1, 0.15) is 0 Å². The highest BCUT2D eigenvalue weighted by molar-refractivity contribution is 6.09. The standard InChI is InChI=1S/C23H20N2O3/c1-14(26)20-18-19(21-17-10-6-5-9-16(17)11-12-24(20)21)23(28)25(22(18)27)13-15-7-3-2-4-8-15/h2-12,18-21H,13H2,1H3/t18-,19+,20+,21-/m1/s1. The third-order valence-electron chi connectivity index (χ3n) is 6.15. The fourth-order valence-electron chi connectivity index (χ4n) is 5.01. The van der Waals surface area contributed by atoms with E-state index < -0.39 is 17.9 Å². The first-order valence-corrected chi connectivity index (χ1v) is 9.52. The number of hydrogen-bond acceptors (Lipinski definition) is 4. The smallest absolute Gasteiger partial charge is 0.236 e. The van der Waals surface area contributed by atoms with Crippen molar-refractivity contribution in [3.05, 3.63) is 77.5 Å². The molecule has 5 rings (SSSR count). The number of likely N-dealkylation sites (tertiary alicyclic amines) is 1. The van der Waals surface area contributed by atoms with E-state index in [9.17, 15) is 14.4 Å². The van der Waals surface area contributed by atoms with Gasteiger partial charge in [-0.1, -0.05) is 54.6 Å². The molecule has 0 bridgehead atoms. The summed E-state index contributed by atoms with van der Waals surface area (Å²) in [6.45, 7) is 1.76. The number of benzene rings is 2. The topological polar surface area (TPSA) is 57.7 Å². The molecule has 0 aromatic heterocycles. The van der Waals surface area contributed by atoms with Crippen LogP contribution in [0.1, 0.15) is 29.7 Å². The molecule has 0 N–H and O–H groups in total. The van der Waals surface area contributed by atoms with Crippen LogP contribution in [0, 0.1) is 11.8 Å². The zero-order valence-electron chi connectivity index (χ0n) is 15.5. The molecule has 2 saturated heterocycles. The second-order valence-corrected chi connectivity index (χ2v) is 7.69. The van der Waals surface area contributed by atoms with Crippen molar-refractivity contribution in [3.63, 3.8) is 0 Å². The highest BCUT2D eigenvalue weighted by atomic mass is 16.2. The molecular weight excluding hydrogens is 352 g/mol. The van der Waals surface area contributed by atoms with E-state index in [1.807, 2.05) is 71.8 Å². The van der Waals surface area contributed by atoms with Gasteiger partial charge in [-0.25, -0.2) is 0 Å². The Kier molecular flexibility index (Phi) is 3.72. The Balaban J connectivity index is 1.58. The van der Waals surface area contributed by atoms with Gasteiger partial charge < -0.3 is 4.90 Å². The van der Waals surface area contributed by atoms with Crippen LogP contribution >= 0.6 is 0 Å². The SMILES string of the molecule is CC(=O)[C@H]1[C@@H]2C(=O)N(Cc3ccccc3)C(=O)[C@@H]2[C@H]2c3ccccc3C=CN21. The van der Waals surface area contributed by atoms with Gasteiger partial charge in [-0.05, 0) is 29.7 Å². The average molecular weight is 372 g/mol. The van der Waals surface area contributed by atoms with E-state index in [0.29, 0.717) is 0 Å². The number of ketones is 1. The molecule has 5 heteroatoms. The molecule has 4 atom stereocenters. The molecule has 2 fully saturated rings. The summed E-state index contributed by atoms with van der Waals surface area (Å²) in [7, 11) is 0. The normalized spacial score (nSPS) is 27.6. The minimum absolute atomic E-state index is 0.0794. The van der Waals surface area contributed by atoms with Crippen LogP contribution in [0.15, 0.2) is 60.8 Å². The first kappa shape index (κ1) is 16.9. The fourth-order valence-corrected chi connectivity index (χ4v) is 5.01. The van der Waals surface area contributed by atoms with Crippen LogP contribution in [0.2, 0.25) is 0 Å². The minimum atomic E-state index is -0.630. The van der Waals surface area contributed by atoms with E-state index in [0.717, 1.165) is 16.7 Å². The molecule has 5 nitrogen and oxygen atoms in total. The van der Waals surface area contributed by atoms with Crippen LogP contribution in [-0.4, -0.2) is 33.4 Å². The minimum Gasteiger partial charge on any atom is -0.359 e. The number of Topliss-reactive ketones (excluding diaryl/α,β-unsaturated/α-hetero) is 1. The predicted octanol–water partition coefficient (Wildman–Crippen LogP) is 2.79. The van der Waals surface area contributed by atoms with Gasteiger partial charge in [0, 0.05) is 6.20 Å². The highest BCUT2D eigenvalue weighted by Gasteiger charge is 2.63. The summed E-state index contributed by atoms with van der Waals surface area (Å²) in [6.07, 6.45) is 3.83. The number of carbonyl (C=O) groups is 3. The second kappa shape index (κ2) is 6.16. The second-order valence-electron chi connectivity index (χ2n) is 7.69. The van der Waals surface area contributed by atoms with Crippen LogP contribution in [-0.2, 0) is 20.9 Å². The van der Waals surface area contributed by atoms with E-state index in [4.69, 9.17) is 0 Å². The molecule has 0 aliphatic carbocycles. The molecule has 3 aliphatic rings. The zero-order valence-corrected chi connectivity index (χ0v) is 15.5. The van der Waals surface area contributed by atoms with E-state index in [2.05, 4.69) is 0 Å². The highest BCUT2D eigenvalue weighted by Crippen LogP contribution is 2.52. The molecule has 0 saturated carbocycles. The van der Waals surface area contributed by atoms with Crippen molar-refractivity contribution in [2.75, 3.05) is 0 Å². The van der Waals surface area contributed by atoms with Crippen LogP contribution in [0.3, 0.4) is 0 Å². The number of rotatable bonds is 3. The number of hydrogen-bond donors (Lipinski definition) is 0. The summed E-state index contributed by atoms with van der Waals surface area (Å²) < 4.78 is 0. The van der Waals surface area contributed by atoms with Crippen LogP contribution in [0.25, 0.3) is 6.08 Å². The molecule has 28 heavy (non-hydrogen) atoms. The van der Waals surface area contributed by atoms with E-state index in [1.165, 1.54) is 11.8 Å². The molecule has 2 amide bonds. The Bertz CT molecular complexity index is 1010. The van der Waals surface area contributed by atoms with Gasteiger partial charge >= 0.3 is 0 Å². The van der Waals surface area contributed by atoms with Crippen LogP contribution in [0.4, 0.5) is 0 Å². The molecule has 3 heterocycles. The van der Waals surface area contributed by atoms with Gasteiger partial charge in [0.05, 0.1) is 30.5 Å². The summed E-state index contributed by atoms with van der Waals surface area (Å²) in [5.74, 6) is -1.66. The number of fused-ring (bicyclic) bond motifs is 5. The summed E-state index contributed by atoms with van der Waals surface area (Å²) >= 11 is 0. The fraction of sp³-hybridized carbons (Fsp3) is 0.261. The molecular formula is C23H20N2O3. The van der Waals surface area contributed by atoms with Crippen LogP contribution < -0.4 is 0 Å².